The summed E-state index contributed by atoms with van der Waals surface area (Å²) < 4.78 is 1.71. The lowest BCUT2D eigenvalue weighted by Crippen LogP contribution is -2.33. The molecule has 1 atom stereocenters. The number of alkyl halides is 1. The maximum Gasteiger partial charge on any atom is 0.229 e. The van der Waals surface area contributed by atoms with Gasteiger partial charge in [-0.1, -0.05) is 0 Å². The van der Waals surface area contributed by atoms with E-state index in [1.807, 2.05) is 20.8 Å². The fourth-order valence-corrected chi connectivity index (χ4v) is 2.31. The second kappa shape index (κ2) is 4.29. The molecule has 0 radical (unpaired) electrons. The van der Waals surface area contributed by atoms with Crippen molar-refractivity contribution < 1.29 is 4.79 Å². The second-order valence-corrected chi connectivity index (χ2v) is 6.00. The number of nitrogens with zero attached hydrogens (tertiary/aromatic N) is 4. The van der Waals surface area contributed by atoms with Crippen LogP contribution in [0.3, 0.4) is 0 Å². The van der Waals surface area contributed by atoms with E-state index >= 15 is 0 Å². The number of carbonyl (C=O) groups excluding carboxylic acids is 1. The van der Waals surface area contributed by atoms with Gasteiger partial charge in [0.2, 0.25) is 5.91 Å². The van der Waals surface area contributed by atoms with Crippen molar-refractivity contribution in [2.75, 3.05) is 11.4 Å². The van der Waals surface area contributed by atoms with Crippen molar-refractivity contribution in [3.05, 3.63) is 11.8 Å². The number of anilines is 1. The molecule has 1 aliphatic heterocycles. The van der Waals surface area contributed by atoms with Crippen LogP contribution in [-0.2, 0) is 10.3 Å². The highest BCUT2D eigenvalue weighted by atomic mass is 35.5. The number of rotatable bonds is 1. The SMILES string of the molecule is CC(C)(C)n1ncc(C#N)c1N1CC(Cl)CC1=O. The summed E-state index contributed by atoms with van der Waals surface area (Å²) in [6.45, 7) is 6.35. The summed E-state index contributed by atoms with van der Waals surface area (Å²) in [5, 5.41) is 13.2. The monoisotopic (exact) mass is 266 g/mol. The van der Waals surface area contributed by atoms with Crippen molar-refractivity contribution >= 4 is 23.3 Å². The van der Waals surface area contributed by atoms with Crippen molar-refractivity contribution in [1.82, 2.24) is 9.78 Å². The first-order valence-corrected chi connectivity index (χ1v) is 6.21. The highest BCUT2D eigenvalue weighted by Crippen LogP contribution is 2.31. The van der Waals surface area contributed by atoms with E-state index in [1.165, 1.54) is 6.20 Å². The molecule has 0 aliphatic carbocycles. The summed E-state index contributed by atoms with van der Waals surface area (Å²) in [6.07, 6.45) is 1.80. The van der Waals surface area contributed by atoms with Gasteiger partial charge in [-0.15, -0.1) is 11.6 Å². The lowest BCUT2D eigenvalue weighted by Gasteiger charge is -2.26. The highest BCUT2D eigenvalue weighted by Gasteiger charge is 2.35. The van der Waals surface area contributed by atoms with Crippen molar-refractivity contribution in [2.24, 2.45) is 0 Å². The minimum Gasteiger partial charge on any atom is -0.294 e. The van der Waals surface area contributed by atoms with Gasteiger partial charge in [0.1, 0.15) is 11.6 Å². The van der Waals surface area contributed by atoms with Crippen LogP contribution < -0.4 is 4.90 Å². The molecule has 0 aromatic carbocycles. The molecule has 96 valence electrons. The van der Waals surface area contributed by atoms with Gasteiger partial charge in [0.05, 0.1) is 17.1 Å². The summed E-state index contributed by atoms with van der Waals surface area (Å²) in [7, 11) is 0. The van der Waals surface area contributed by atoms with E-state index in [9.17, 15) is 4.79 Å². The average Bonchev–Trinajstić information content (AvgIpc) is 2.79. The molecule has 1 fully saturated rings. The maximum atomic E-state index is 11.9. The number of hydrogen-bond donors (Lipinski definition) is 0. The fourth-order valence-electron chi connectivity index (χ4n) is 2.04. The summed E-state index contributed by atoms with van der Waals surface area (Å²) in [5.41, 5.74) is 0.110. The minimum atomic E-state index is -0.297. The molecular weight excluding hydrogens is 252 g/mol. The first-order chi connectivity index (χ1) is 8.34. The van der Waals surface area contributed by atoms with Crippen LogP contribution in [0.5, 0.6) is 0 Å². The smallest absolute Gasteiger partial charge is 0.229 e. The highest BCUT2D eigenvalue weighted by molar-refractivity contribution is 6.24. The van der Waals surface area contributed by atoms with Gasteiger partial charge in [0.25, 0.3) is 0 Å². The zero-order valence-electron chi connectivity index (χ0n) is 10.6. The Morgan fingerprint density at radius 1 is 1.56 bits per heavy atom. The van der Waals surface area contributed by atoms with Crippen LogP contribution in [0, 0.1) is 11.3 Å². The molecule has 1 unspecified atom stereocenters. The molecule has 1 aliphatic rings. The van der Waals surface area contributed by atoms with Crippen LogP contribution in [0.2, 0.25) is 0 Å². The molecule has 6 heteroatoms. The van der Waals surface area contributed by atoms with Gasteiger partial charge in [-0.05, 0) is 20.8 Å². The molecule has 0 spiro atoms. The summed E-state index contributed by atoms with van der Waals surface area (Å²) in [4.78, 5) is 13.5. The van der Waals surface area contributed by atoms with Crippen LogP contribution in [0.25, 0.3) is 0 Å². The molecule has 2 heterocycles. The lowest BCUT2D eigenvalue weighted by molar-refractivity contribution is -0.117. The topological polar surface area (TPSA) is 61.9 Å². The Balaban J connectivity index is 2.52. The van der Waals surface area contributed by atoms with Crippen molar-refractivity contribution in [2.45, 2.75) is 38.1 Å². The quantitative estimate of drug-likeness (QED) is 0.729. The van der Waals surface area contributed by atoms with Crippen LogP contribution in [0.4, 0.5) is 5.82 Å². The summed E-state index contributed by atoms with van der Waals surface area (Å²) in [5.74, 6) is 0.496. The van der Waals surface area contributed by atoms with Crippen molar-refractivity contribution in [3.63, 3.8) is 0 Å². The molecule has 0 saturated carbocycles. The van der Waals surface area contributed by atoms with E-state index in [-0.39, 0.29) is 16.8 Å². The van der Waals surface area contributed by atoms with E-state index < -0.39 is 0 Å². The Kier molecular flexibility index (Phi) is 3.07. The van der Waals surface area contributed by atoms with Crippen molar-refractivity contribution in [1.29, 1.82) is 5.26 Å². The molecule has 1 aromatic heterocycles. The van der Waals surface area contributed by atoms with Gasteiger partial charge in [0.15, 0.2) is 5.82 Å². The third-order valence-corrected chi connectivity index (χ3v) is 3.13. The Morgan fingerprint density at radius 2 is 2.22 bits per heavy atom. The Morgan fingerprint density at radius 3 is 2.67 bits per heavy atom. The van der Waals surface area contributed by atoms with E-state index in [0.717, 1.165) is 0 Å². The molecule has 1 aromatic rings. The molecule has 0 bridgehead atoms. The van der Waals surface area contributed by atoms with Gasteiger partial charge < -0.3 is 0 Å². The fraction of sp³-hybridized carbons (Fsp3) is 0.583. The van der Waals surface area contributed by atoms with E-state index in [1.54, 1.807) is 9.58 Å². The van der Waals surface area contributed by atoms with E-state index in [0.29, 0.717) is 24.3 Å². The maximum absolute atomic E-state index is 11.9. The molecular formula is C12H15ClN4O. The molecule has 18 heavy (non-hydrogen) atoms. The van der Waals surface area contributed by atoms with Crippen LogP contribution >= 0.6 is 11.6 Å². The third kappa shape index (κ3) is 2.08. The zero-order valence-corrected chi connectivity index (χ0v) is 11.4. The van der Waals surface area contributed by atoms with Crippen LogP contribution in [0.1, 0.15) is 32.8 Å². The van der Waals surface area contributed by atoms with Gasteiger partial charge >= 0.3 is 0 Å². The van der Waals surface area contributed by atoms with Gasteiger partial charge in [-0.3, -0.25) is 9.69 Å². The third-order valence-electron chi connectivity index (χ3n) is 2.83. The first-order valence-electron chi connectivity index (χ1n) is 5.77. The van der Waals surface area contributed by atoms with Crippen molar-refractivity contribution in [3.8, 4) is 6.07 Å². The minimum absolute atomic E-state index is 0.0579. The summed E-state index contributed by atoms with van der Waals surface area (Å²) >= 11 is 6.01. The number of hydrogen-bond acceptors (Lipinski definition) is 3. The normalized spacial score (nSPS) is 20.3. The average molecular weight is 267 g/mol. The number of halogens is 1. The van der Waals surface area contributed by atoms with E-state index in [4.69, 9.17) is 16.9 Å². The molecule has 1 saturated heterocycles. The largest absolute Gasteiger partial charge is 0.294 e. The lowest BCUT2D eigenvalue weighted by atomic mass is 10.1. The number of carbonyl (C=O) groups is 1. The standard InChI is InChI=1S/C12H15ClN4O/c1-12(2,3)17-11(8(5-14)6-15-17)16-7-9(13)4-10(16)18/h6,9H,4,7H2,1-3H3. The van der Waals surface area contributed by atoms with Gasteiger partial charge in [0, 0.05) is 13.0 Å². The molecule has 2 rings (SSSR count). The van der Waals surface area contributed by atoms with Crippen LogP contribution in [0.15, 0.2) is 6.20 Å². The molecule has 5 nitrogen and oxygen atoms in total. The molecule has 1 amide bonds. The van der Waals surface area contributed by atoms with Crippen LogP contribution in [-0.4, -0.2) is 27.6 Å². The summed E-state index contributed by atoms with van der Waals surface area (Å²) in [6, 6.07) is 2.08. The predicted octanol–water partition coefficient (Wildman–Crippen LogP) is 1.85. The Hall–Kier alpha value is -1.54. The first kappa shape index (κ1) is 12.9. The zero-order chi connectivity index (χ0) is 13.5. The van der Waals surface area contributed by atoms with Gasteiger partial charge in [-0.25, -0.2) is 4.68 Å². The predicted molar refractivity (Wildman–Crippen MR) is 68.5 cm³/mol. The Labute approximate surface area is 111 Å². The Bertz CT molecular complexity index is 523. The van der Waals surface area contributed by atoms with Gasteiger partial charge in [-0.2, -0.15) is 10.4 Å². The second-order valence-electron chi connectivity index (χ2n) is 5.38. The number of aromatic nitrogens is 2. The molecule has 0 N–H and O–H groups in total. The number of amides is 1. The number of nitriles is 1. The van der Waals surface area contributed by atoms with E-state index in [2.05, 4.69) is 11.2 Å².